The van der Waals surface area contributed by atoms with Gasteiger partial charge in [-0.25, -0.2) is 4.98 Å². The molecule has 3 rings (SSSR count). The average Bonchev–Trinajstić information content (AvgIpc) is 2.81. The van der Waals surface area contributed by atoms with Gasteiger partial charge in [-0.1, -0.05) is 6.07 Å². The van der Waals surface area contributed by atoms with Crippen molar-refractivity contribution >= 4 is 27.9 Å². The number of carbonyl (C=O) groups excluding carboxylic acids is 1. The molecule has 0 saturated heterocycles. The van der Waals surface area contributed by atoms with Gasteiger partial charge in [-0.15, -0.1) is 24.5 Å². The summed E-state index contributed by atoms with van der Waals surface area (Å²) in [6.45, 7) is 3.57. The Morgan fingerprint density at radius 2 is 2.04 bits per heavy atom. The summed E-state index contributed by atoms with van der Waals surface area (Å²) in [4.78, 5) is 30.4. The molecule has 0 saturated carbocycles. The number of benzene rings is 1. The van der Waals surface area contributed by atoms with E-state index in [1.807, 2.05) is 6.92 Å². The molecule has 1 amide bonds. The number of thiazole rings is 1. The number of nitrogens with one attached hydrogen (secondary N) is 1. The highest BCUT2D eigenvalue weighted by Crippen LogP contribution is 2.25. The lowest BCUT2D eigenvalue weighted by molar-refractivity contribution is -0.274. The van der Waals surface area contributed by atoms with Gasteiger partial charge in [0.2, 0.25) is 0 Å². The highest BCUT2D eigenvalue weighted by Gasteiger charge is 2.31. The Morgan fingerprint density at radius 3 is 2.73 bits per heavy atom. The predicted octanol–water partition coefficient (Wildman–Crippen LogP) is 3.52. The third-order valence-electron chi connectivity index (χ3n) is 3.59. The molecule has 10 heteroatoms. The molecule has 136 valence electrons. The van der Waals surface area contributed by atoms with Crippen molar-refractivity contribution in [3.63, 3.8) is 0 Å². The molecule has 0 spiro atoms. The van der Waals surface area contributed by atoms with E-state index in [0.717, 1.165) is 23.2 Å². The summed E-state index contributed by atoms with van der Waals surface area (Å²) in [6.07, 6.45) is -3.69. The molecule has 2 heterocycles. The molecule has 2 aromatic heterocycles. The Hall–Kier alpha value is -2.88. The van der Waals surface area contributed by atoms with Crippen molar-refractivity contribution in [3.05, 3.63) is 57.0 Å². The van der Waals surface area contributed by atoms with E-state index >= 15 is 0 Å². The summed E-state index contributed by atoms with van der Waals surface area (Å²) in [7, 11) is 0. The molecule has 0 unspecified atom stereocenters. The van der Waals surface area contributed by atoms with Gasteiger partial charge >= 0.3 is 6.36 Å². The van der Waals surface area contributed by atoms with E-state index in [-0.39, 0.29) is 11.3 Å². The predicted molar refractivity (Wildman–Crippen MR) is 89.9 cm³/mol. The number of aryl methyl sites for hydroxylation is 2. The number of amides is 1. The zero-order chi connectivity index (χ0) is 19.1. The molecule has 6 nitrogen and oxygen atoms in total. The van der Waals surface area contributed by atoms with Crippen molar-refractivity contribution < 1.29 is 22.7 Å². The van der Waals surface area contributed by atoms with Gasteiger partial charge in [-0.05, 0) is 26.0 Å². The Morgan fingerprint density at radius 1 is 1.31 bits per heavy atom. The molecule has 0 fully saturated rings. The summed E-state index contributed by atoms with van der Waals surface area (Å²) >= 11 is 1.32. The van der Waals surface area contributed by atoms with Crippen molar-refractivity contribution in [2.24, 2.45) is 0 Å². The lowest BCUT2D eigenvalue weighted by Crippen LogP contribution is -2.26. The topological polar surface area (TPSA) is 72.7 Å². The molecule has 0 radical (unpaired) electrons. The number of hydrogen-bond acceptors (Lipinski definition) is 5. The normalized spacial score (nSPS) is 11.6. The maximum absolute atomic E-state index is 12.5. The van der Waals surface area contributed by atoms with Crippen LogP contribution in [0, 0.1) is 13.8 Å². The number of rotatable bonds is 3. The van der Waals surface area contributed by atoms with E-state index < -0.39 is 23.6 Å². The van der Waals surface area contributed by atoms with Crippen molar-refractivity contribution in [1.29, 1.82) is 0 Å². The van der Waals surface area contributed by atoms with Gasteiger partial charge in [-0.3, -0.25) is 14.0 Å². The first-order valence-corrected chi connectivity index (χ1v) is 8.12. The Bertz CT molecular complexity index is 1060. The Balaban J connectivity index is 1.90. The van der Waals surface area contributed by atoms with Crippen LogP contribution in [-0.4, -0.2) is 21.7 Å². The van der Waals surface area contributed by atoms with Crippen LogP contribution in [-0.2, 0) is 0 Å². The quantitative estimate of drug-likeness (QED) is 0.751. The number of alkyl halides is 3. The molecular weight excluding hydrogens is 371 g/mol. The van der Waals surface area contributed by atoms with Crippen LogP contribution < -0.4 is 15.6 Å². The summed E-state index contributed by atoms with van der Waals surface area (Å²) in [5.41, 5.74) is -0.0280. The molecule has 0 aliphatic heterocycles. The first-order valence-electron chi connectivity index (χ1n) is 7.30. The number of anilines is 1. The third kappa shape index (κ3) is 3.54. The number of aromatic nitrogens is 2. The second kappa shape index (κ2) is 6.45. The van der Waals surface area contributed by atoms with Crippen LogP contribution in [0.1, 0.15) is 20.9 Å². The SMILES string of the molecule is Cc1sc2ncc(C(=O)Nc3cccc(OC(F)(F)F)c3)c(=O)n2c1C. The summed E-state index contributed by atoms with van der Waals surface area (Å²) < 4.78 is 42.0. The van der Waals surface area contributed by atoms with Gasteiger partial charge in [0.1, 0.15) is 11.3 Å². The molecule has 26 heavy (non-hydrogen) atoms. The number of fused-ring (bicyclic) bond motifs is 1. The summed E-state index contributed by atoms with van der Waals surface area (Å²) in [5.74, 6) is -1.26. The van der Waals surface area contributed by atoms with Gasteiger partial charge in [0, 0.05) is 28.5 Å². The fourth-order valence-electron chi connectivity index (χ4n) is 2.30. The summed E-state index contributed by atoms with van der Waals surface area (Å²) in [6, 6.07) is 4.78. The van der Waals surface area contributed by atoms with Crippen molar-refractivity contribution in [3.8, 4) is 5.75 Å². The number of carbonyl (C=O) groups is 1. The number of ether oxygens (including phenoxy) is 1. The largest absolute Gasteiger partial charge is 0.573 e. The van der Waals surface area contributed by atoms with Crippen molar-refractivity contribution in [2.75, 3.05) is 5.32 Å². The van der Waals surface area contributed by atoms with E-state index in [4.69, 9.17) is 0 Å². The van der Waals surface area contributed by atoms with Crippen LogP contribution >= 0.6 is 11.3 Å². The molecule has 1 aromatic carbocycles. The fourth-order valence-corrected chi connectivity index (χ4v) is 3.23. The molecule has 3 aromatic rings. The van der Waals surface area contributed by atoms with Gasteiger partial charge in [0.15, 0.2) is 4.96 Å². The molecule has 0 bridgehead atoms. The monoisotopic (exact) mass is 383 g/mol. The maximum Gasteiger partial charge on any atom is 0.573 e. The standard InChI is InChI=1S/C16H12F3N3O3S/c1-8-9(2)26-15-20-7-12(14(24)22(8)15)13(23)21-10-4-3-5-11(6-10)25-16(17,18)19/h3-7H,1-2H3,(H,21,23). The van der Waals surface area contributed by atoms with Crippen LogP contribution in [0.2, 0.25) is 0 Å². The molecule has 1 N–H and O–H groups in total. The van der Waals surface area contributed by atoms with Crippen LogP contribution in [0.15, 0.2) is 35.3 Å². The lowest BCUT2D eigenvalue weighted by atomic mass is 10.2. The smallest absolute Gasteiger partial charge is 0.406 e. The van der Waals surface area contributed by atoms with Crippen LogP contribution in [0.5, 0.6) is 5.75 Å². The minimum absolute atomic E-state index is 0.0551. The van der Waals surface area contributed by atoms with E-state index in [9.17, 15) is 22.8 Å². The molecule has 0 aliphatic carbocycles. The zero-order valence-electron chi connectivity index (χ0n) is 13.5. The van der Waals surface area contributed by atoms with Gasteiger partial charge < -0.3 is 10.1 Å². The maximum atomic E-state index is 12.5. The van der Waals surface area contributed by atoms with E-state index in [1.54, 1.807) is 6.92 Å². The minimum Gasteiger partial charge on any atom is -0.406 e. The van der Waals surface area contributed by atoms with Crippen LogP contribution in [0.3, 0.4) is 0 Å². The number of halogens is 3. The first-order chi connectivity index (χ1) is 12.2. The van der Waals surface area contributed by atoms with Crippen LogP contribution in [0.25, 0.3) is 4.96 Å². The van der Waals surface area contributed by atoms with Crippen molar-refractivity contribution in [2.45, 2.75) is 20.2 Å². The number of hydrogen-bond donors (Lipinski definition) is 1. The molecular formula is C16H12F3N3O3S. The fraction of sp³-hybridized carbons (Fsp3) is 0.188. The van der Waals surface area contributed by atoms with Gasteiger partial charge in [0.05, 0.1) is 0 Å². The highest BCUT2D eigenvalue weighted by atomic mass is 32.1. The third-order valence-corrected chi connectivity index (χ3v) is 4.66. The van der Waals surface area contributed by atoms with Crippen molar-refractivity contribution in [1.82, 2.24) is 9.38 Å². The Labute approximate surface area is 148 Å². The second-order valence-corrected chi connectivity index (χ2v) is 6.55. The average molecular weight is 383 g/mol. The summed E-state index contributed by atoms with van der Waals surface area (Å²) in [5, 5.41) is 2.38. The molecule has 0 atom stereocenters. The van der Waals surface area contributed by atoms with E-state index in [2.05, 4.69) is 15.0 Å². The van der Waals surface area contributed by atoms with Gasteiger partial charge in [-0.2, -0.15) is 0 Å². The Kier molecular flexibility index (Phi) is 4.45. The van der Waals surface area contributed by atoms with E-state index in [1.165, 1.54) is 27.9 Å². The zero-order valence-corrected chi connectivity index (χ0v) is 14.4. The van der Waals surface area contributed by atoms with Gasteiger partial charge in [0.25, 0.3) is 11.5 Å². The van der Waals surface area contributed by atoms with E-state index in [0.29, 0.717) is 10.7 Å². The minimum atomic E-state index is -4.84. The van der Waals surface area contributed by atoms with Crippen LogP contribution in [0.4, 0.5) is 18.9 Å². The highest BCUT2D eigenvalue weighted by molar-refractivity contribution is 7.17. The first kappa shape index (κ1) is 17.9. The molecule has 0 aliphatic rings. The number of nitrogens with zero attached hydrogens (tertiary/aromatic N) is 2. The lowest BCUT2D eigenvalue weighted by Gasteiger charge is -2.10. The second-order valence-electron chi connectivity index (χ2n) is 5.37.